The van der Waals surface area contributed by atoms with E-state index in [2.05, 4.69) is 12.1 Å². The second-order valence-electron chi connectivity index (χ2n) is 15.3. The number of amides is 2. The summed E-state index contributed by atoms with van der Waals surface area (Å²) < 4.78 is 29.8. The van der Waals surface area contributed by atoms with Crippen LogP contribution in [0.5, 0.6) is 11.5 Å². The average Bonchev–Trinajstić information content (AvgIpc) is 3.18. The Kier molecular flexibility index (Phi) is 14.6. The maximum absolute atomic E-state index is 14.2. The van der Waals surface area contributed by atoms with Gasteiger partial charge in [0.1, 0.15) is 17.8 Å². The number of anilines is 1. The molecule has 11 heteroatoms. The van der Waals surface area contributed by atoms with Crippen molar-refractivity contribution in [1.82, 2.24) is 4.90 Å². The van der Waals surface area contributed by atoms with E-state index in [0.717, 1.165) is 12.8 Å². The first kappa shape index (κ1) is 41.5. The molecule has 0 bridgehead atoms. The van der Waals surface area contributed by atoms with Crippen LogP contribution in [0.2, 0.25) is 5.02 Å². The fourth-order valence-corrected chi connectivity index (χ4v) is 6.38. The van der Waals surface area contributed by atoms with E-state index in [4.69, 9.17) is 35.3 Å². The van der Waals surface area contributed by atoms with Crippen molar-refractivity contribution in [2.45, 2.75) is 92.0 Å². The van der Waals surface area contributed by atoms with Gasteiger partial charge in [0.05, 0.1) is 26.7 Å². The molecule has 0 aromatic heterocycles. The number of para-hydroxylation sites is 1. The molecular formula is C42H55ClN2O8. The van der Waals surface area contributed by atoms with Crippen LogP contribution in [-0.4, -0.2) is 74.5 Å². The first-order valence-electron chi connectivity index (χ1n) is 18.3. The molecule has 2 amide bonds. The van der Waals surface area contributed by atoms with Crippen molar-refractivity contribution in [1.29, 1.82) is 0 Å². The lowest BCUT2D eigenvalue weighted by Gasteiger charge is -2.31. The fourth-order valence-electron chi connectivity index (χ4n) is 6.20. The Hall–Kier alpha value is -4.28. The Morgan fingerprint density at radius 2 is 1.64 bits per heavy atom. The predicted molar refractivity (Wildman–Crippen MR) is 207 cm³/mol. The molecule has 0 saturated heterocycles. The lowest BCUT2D eigenvalue weighted by atomic mass is 9.94. The summed E-state index contributed by atoms with van der Waals surface area (Å²) in [6, 6.07) is 21.0. The Labute approximate surface area is 319 Å². The Bertz CT molecular complexity index is 1680. The third-order valence-electron chi connectivity index (χ3n) is 8.41. The van der Waals surface area contributed by atoms with Gasteiger partial charge in [-0.05, 0) is 82.2 Å². The van der Waals surface area contributed by atoms with Gasteiger partial charge in [0.2, 0.25) is 0 Å². The van der Waals surface area contributed by atoms with E-state index in [1.807, 2.05) is 77.9 Å². The summed E-state index contributed by atoms with van der Waals surface area (Å²) >= 11 is 6.57. The number of fused-ring (bicyclic) bond motifs is 1. The van der Waals surface area contributed by atoms with Crippen LogP contribution in [0.1, 0.15) is 90.5 Å². The van der Waals surface area contributed by atoms with Crippen molar-refractivity contribution in [3.8, 4) is 11.5 Å². The molecule has 0 radical (unpaired) electrons. The molecule has 4 rings (SSSR count). The number of nitrogens with zero attached hydrogens (tertiary/aromatic N) is 2. The van der Waals surface area contributed by atoms with E-state index in [-0.39, 0.29) is 37.0 Å². The minimum atomic E-state index is -1.14. The summed E-state index contributed by atoms with van der Waals surface area (Å²) in [5, 5.41) is 0.467. The van der Waals surface area contributed by atoms with Crippen LogP contribution in [0.15, 0.2) is 66.7 Å². The molecule has 0 unspecified atom stereocenters. The number of rotatable bonds is 15. The lowest BCUT2D eigenvalue weighted by Crippen LogP contribution is -2.44. The minimum Gasteiger partial charge on any atom is -0.492 e. The Balaban J connectivity index is 1.59. The number of methoxy groups -OCH3 is 1. The van der Waals surface area contributed by atoms with Crippen LogP contribution in [0, 0.1) is 5.41 Å². The van der Waals surface area contributed by atoms with Gasteiger partial charge >= 0.3 is 12.1 Å². The molecule has 2 atom stereocenters. The first-order valence-corrected chi connectivity index (χ1v) is 18.7. The van der Waals surface area contributed by atoms with Crippen LogP contribution >= 0.6 is 11.6 Å². The highest BCUT2D eigenvalue weighted by Crippen LogP contribution is 2.45. The normalized spacial score (nSPS) is 16.0. The van der Waals surface area contributed by atoms with Crippen molar-refractivity contribution >= 4 is 35.3 Å². The molecule has 0 fully saturated rings. The van der Waals surface area contributed by atoms with Crippen LogP contribution in [0.4, 0.5) is 10.5 Å². The number of benzene rings is 3. The van der Waals surface area contributed by atoms with E-state index < -0.39 is 23.8 Å². The monoisotopic (exact) mass is 750 g/mol. The van der Waals surface area contributed by atoms with Crippen LogP contribution in [0.25, 0.3) is 0 Å². The zero-order valence-corrected chi connectivity index (χ0v) is 33.2. The molecule has 0 aliphatic carbocycles. The summed E-state index contributed by atoms with van der Waals surface area (Å²) in [7, 11) is 1.55. The molecule has 10 nitrogen and oxygen atoms in total. The predicted octanol–water partition coefficient (Wildman–Crippen LogP) is 8.81. The highest BCUT2D eigenvalue weighted by atomic mass is 35.5. The number of carbonyl (C=O) groups excluding carboxylic acids is 3. The van der Waals surface area contributed by atoms with E-state index in [1.165, 1.54) is 5.56 Å². The SMILES string of the molecule is CCOC(=O)C[C@@H]1O[C@@H](c2cccc(OCCCN(CCCc3ccccc3)C(=O)OC(C)(C)C)c2OC)c2cc(Cl)ccc2N(CC(C)(C)C)C1=O. The van der Waals surface area contributed by atoms with Gasteiger partial charge in [0.25, 0.3) is 5.91 Å². The van der Waals surface area contributed by atoms with Gasteiger partial charge in [-0.25, -0.2) is 4.79 Å². The van der Waals surface area contributed by atoms with Crippen LogP contribution in [-0.2, 0) is 30.2 Å². The maximum Gasteiger partial charge on any atom is 0.410 e. The number of halogens is 1. The molecule has 1 aliphatic rings. The van der Waals surface area contributed by atoms with Gasteiger partial charge in [-0.15, -0.1) is 0 Å². The molecule has 0 saturated carbocycles. The van der Waals surface area contributed by atoms with Gasteiger partial charge in [-0.3, -0.25) is 9.59 Å². The van der Waals surface area contributed by atoms with Crippen LogP contribution < -0.4 is 14.4 Å². The number of ether oxygens (including phenoxy) is 5. The van der Waals surface area contributed by atoms with Crippen LogP contribution in [0.3, 0.4) is 0 Å². The number of esters is 1. The molecule has 1 aliphatic heterocycles. The third kappa shape index (κ3) is 12.1. The van der Waals surface area contributed by atoms with Gasteiger partial charge in [0.15, 0.2) is 11.5 Å². The highest BCUT2D eigenvalue weighted by molar-refractivity contribution is 6.30. The van der Waals surface area contributed by atoms with Gasteiger partial charge in [-0.2, -0.15) is 0 Å². The Morgan fingerprint density at radius 1 is 0.925 bits per heavy atom. The smallest absolute Gasteiger partial charge is 0.410 e. The van der Waals surface area contributed by atoms with Crippen molar-refractivity contribution in [2.24, 2.45) is 5.41 Å². The molecule has 0 N–H and O–H groups in total. The largest absolute Gasteiger partial charge is 0.492 e. The second kappa shape index (κ2) is 18.7. The summed E-state index contributed by atoms with van der Waals surface area (Å²) in [6.45, 7) is 15.2. The molecule has 3 aromatic rings. The molecule has 3 aromatic carbocycles. The topological polar surface area (TPSA) is 104 Å². The summed E-state index contributed by atoms with van der Waals surface area (Å²) in [4.78, 5) is 43.5. The van der Waals surface area contributed by atoms with E-state index in [9.17, 15) is 14.4 Å². The molecule has 0 spiro atoms. The van der Waals surface area contributed by atoms with Gasteiger partial charge < -0.3 is 33.5 Å². The summed E-state index contributed by atoms with van der Waals surface area (Å²) in [5.41, 5.74) is 2.21. The molecule has 288 valence electrons. The second-order valence-corrected chi connectivity index (χ2v) is 15.8. The molecular weight excluding hydrogens is 696 g/mol. The summed E-state index contributed by atoms with van der Waals surface area (Å²) in [5.74, 6) is 0.00796. The average molecular weight is 751 g/mol. The number of hydrogen-bond donors (Lipinski definition) is 0. The molecule has 53 heavy (non-hydrogen) atoms. The maximum atomic E-state index is 14.2. The quantitative estimate of drug-likeness (QED) is 0.112. The van der Waals surface area contributed by atoms with Crippen molar-refractivity contribution < 1.29 is 38.1 Å². The van der Waals surface area contributed by atoms with E-state index >= 15 is 0 Å². The number of hydrogen-bond acceptors (Lipinski definition) is 8. The fraction of sp³-hybridized carbons (Fsp3) is 0.500. The van der Waals surface area contributed by atoms with Gasteiger partial charge in [-0.1, -0.05) is 74.8 Å². The standard InChI is InChI=1S/C42H55ClN2O8/c1-9-50-36(46)27-35-39(47)45(28-41(2,3)4)33-22-21-30(43)26-32(33)37(52-35)31-19-13-20-34(38(31)49-8)51-25-15-24-44(40(48)53-42(5,6)7)23-14-18-29-16-11-10-12-17-29/h10-13,16-17,19-22,26,35,37H,9,14-15,18,23-25,27-28H2,1-8H3/t35-,37-/m0/s1. The minimum absolute atomic E-state index is 0.182. The highest BCUT2D eigenvalue weighted by Gasteiger charge is 2.40. The van der Waals surface area contributed by atoms with Gasteiger partial charge in [0, 0.05) is 41.5 Å². The molecule has 1 heterocycles. The zero-order chi connectivity index (χ0) is 38.8. The van der Waals surface area contributed by atoms with Crippen molar-refractivity contribution in [3.63, 3.8) is 0 Å². The number of aryl methyl sites for hydroxylation is 1. The third-order valence-corrected chi connectivity index (χ3v) is 8.64. The Morgan fingerprint density at radius 3 is 2.30 bits per heavy atom. The summed E-state index contributed by atoms with van der Waals surface area (Å²) in [6.07, 6.45) is -0.429. The zero-order valence-electron chi connectivity index (χ0n) is 32.4. The van der Waals surface area contributed by atoms with E-state index in [0.29, 0.717) is 59.4 Å². The number of carbonyl (C=O) groups is 3. The lowest BCUT2D eigenvalue weighted by molar-refractivity contribution is -0.151. The van der Waals surface area contributed by atoms with Crippen molar-refractivity contribution in [2.75, 3.05) is 44.9 Å². The first-order chi connectivity index (χ1) is 25.1. The van der Waals surface area contributed by atoms with Crippen molar-refractivity contribution in [3.05, 3.63) is 88.4 Å². The van der Waals surface area contributed by atoms with E-state index in [1.54, 1.807) is 42.0 Å².